The van der Waals surface area contributed by atoms with Crippen molar-refractivity contribution >= 4 is 24.0 Å². The first-order valence-corrected chi connectivity index (χ1v) is 4.71. The zero-order valence-electron chi connectivity index (χ0n) is 9.34. The highest BCUT2D eigenvalue weighted by molar-refractivity contribution is 5.94. The normalized spacial score (nSPS) is 11.7. The Bertz CT molecular complexity index is 327. The number of ether oxygens (including phenoxy) is 1. The second kappa shape index (κ2) is 7.21. The molecule has 3 N–H and O–H groups in total. The highest BCUT2D eigenvalue weighted by Gasteiger charge is 2.08. The minimum absolute atomic E-state index is 0. The molecule has 0 aliphatic rings. The monoisotopic (exact) mass is 248 g/mol. The SMILES string of the molecule is COCCn1cc(NC(=O)C(C)N)cn1.Cl. The maximum Gasteiger partial charge on any atom is 0.241 e. The van der Waals surface area contributed by atoms with Gasteiger partial charge in [0.1, 0.15) is 0 Å². The third kappa shape index (κ3) is 4.61. The smallest absolute Gasteiger partial charge is 0.241 e. The Morgan fingerprint density at radius 1 is 1.75 bits per heavy atom. The average molecular weight is 249 g/mol. The van der Waals surface area contributed by atoms with E-state index in [9.17, 15) is 4.79 Å². The van der Waals surface area contributed by atoms with E-state index in [1.54, 1.807) is 31.1 Å². The summed E-state index contributed by atoms with van der Waals surface area (Å²) in [5, 5.41) is 6.70. The summed E-state index contributed by atoms with van der Waals surface area (Å²) < 4.78 is 6.60. The second-order valence-corrected chi connectivity index (χ2v) is 3.26. The summed E-state index contributed by atoms with van der Waals surface area (Å²) in [5.41, 5.74) is 6.06. The molecule has 0 saturated carbocycles. The van der Waals surface area contributed by atoms with Crippen LogP contribution >= 0.6 is 12.4 Å². The molecule has 0 fully saturated rings. The van der Waals surface area contributed by atoms with Gasteiger partial charge < -0.3 is 15.8 Å². The van der Waals surface area contributed by atoms with E-state index in [0.717, 1.165) is 0 Å². The van der Waals surface area contributed by atoms with E-state index in [-0.39, 0.29) is 18.3 Å². The Morgan fingerprint density at radius 2 is 2.44 bits per heavy atom. The topological polar surface area (TPSA) is 82.2 Å². The summed E-state index contributed by atoms with van der Waals surface area (Å²) in [5.74, 6) is -0.221. The van der Waals surface area contributed by atoms with E-state index in [2.05, 4.69) is 10.4 Å². The number of amides is 1. The van der Waals surface area contributed by atoms with Crippen LogP contribution in [0.2, 0.25) is 0 Å². The van der Waals surface area contributed by atoms with Gasteiger partial charge in [-0.3, -0.25) is 9.48 Å². The van der Waals surface area contributed by atoms with Gasteiger partial charge in [0.25, 0.3) is 0 Å². The molecule has 1 heterocycles. The molecule has 92 valence electrons. The van der Waals surface area contributed by atoms with Crippen LogP contribution in [0.1, 0.15) is 6.92 Å². The van der Waals surface area contributed by atoms with E-state index in [1.165, 1.54) is 0 Å². The van der Waals surface area contributed by atoms with Gasteiger partial charge in [0, 0.05) is 13.3 Å². The number of hydrogen-bond donors (Lipinski definition) is 2. The van der Waals surface area contributed by atoms with E-state index in [4.69, 9.17) is 10.5 Å². The van der Waals surface area contributed by atoms with Crippen molar-refractivity contribution in [2.75, 3.05) is 19.0 Å². The fourth-order valence-electron chi connectivity index (χ4n) is 0.991. The van der Waals surface area contributed by atoms with Crippen molar-refractivity contribution in [1.82, 2.24) is 9.78 Å². The zero-order valence-corrected chi connectivity index (χ0v) is 10.2. The van der Waals surface area contributed by atoms with Gasteiger partial charge in [-0.1, -0.05) is 0 Å². The fourth-order valence-corrected chi connectivity index (χ4v) is 0.991. The van der Waals surface area contributed by atoms with Crippen LogP contribution < -0.4 is 11.1 Å². The molecule has 1 aromatic heterocycles. The van der Waals surface area contributed by atoms with Crippen LogP contribution in [-0.2, 0) is 16.1 Å². The number of carbonyl (C=O) groups excluding carboxylic acids is 1. The lowest BCUT2D eigenvalue weighted by Crippen LogP contribution is -2.32. The molecule has 1 aromatic rings. The Hall–Kier alpha value is -1.11. The molecule has 1 atom stereocenters. The molecular weight excluding hydrogens is 232 g/mol. The summed E-state index contributed by atoms with van der Waals surface area (Å²) in [6.45, 7) is 2.87. The Balaban J connectivity index is 0.00000225. The number of nitrogens with two attached hydrogens (primary N) is 1. The molecule has 7 heteroatoms. The molecule has 0 aromatic carbocycles. The van der Waals surface area contributed by atoms with Gasteiger partial charge in [0.2, 0.25) is 5.91 Å². The minimum atomic E-state index is -0.521. The molecule has 1 rings (SSSR count). The number of nitrogens with one attached hydrogen (secondary N) is 1. The Morgan fingerprint density at radius 3 is 3.00 bits per heavy atom. The van der Waals surface area contributed by atoms with Crippen molar-refractivity contribution in [1.29, 1.82) is 0 Å². The first kappa shape index (κ1) is 14.9. The van der Waals surface area contributed by atoms with Crippen molar-refractivity contribution in [3.63, 3.8) is 0 Å². The van der Waals surface area contributed by atoms with Gasteiger partial charge in [-0.15, -0.1) is 12.4 Å². The van der Waals surface area contributed by atoms with Gasteiger partial charge in [-0.2, -0.15) is 5.10 Å². The summed E-state index contributed by atoms with van der Waals surface area (Å²) in [6, 6.07) is -0.521. The lowest BCUT2D eigenvalue weighted by atomic mass is 10.3. The standard InChI is InChI=1S/C9H16N4O2.ClH/c1-7(10)9(14)12-8-5-11-13(6-8)3-4-15-2;/h5-7H,3-4,10H2,1-2H3,(H,12,14);1H. The predicted octanol–water partition coefficient (Wildman–Crippen LogP) is 0.237. The van der Waals surface area contributed by atoms with Gasteiger partial charge in [0.15, 0.2) is 0 Å². The molecule has 0 aliphatic heterocycles. The molecule has 6 nitrogen and oxygen atoms in total. The predicted molar refractivity (Wildman–Crippen MR) is 63.6 cm³/mol. The van der Waals surface area contributed by atoms with Gasteiger partial charge in [0.05, 0.1) is 31.1 Å². The van der Waals surface area contributed by atoms with Crippen molar-refractivity contribution in [2.24, 2.45) is 5.73 Å². The van der Waals surface area contributed by atoms with Crippen molar-refractivity contribution in [3.8, 4) is 0 Å². The third-order valence-corrected chi connectivity index (χ3v) is 1.84. The van der Waals surface area contributed by atoms with Crippen LogP contribution in [-0.4, -0.2) is 35.4 Å². The van der Waals surface area contributed by atoms with Crippen LogP contribution in [0.25, 0.3) is 0 Å². The van der Waals surface area contributed by atoms with Gasteiger partial charge in [-0.25, -0.2) is 0 Å². The molecule has 0 aliphatic carbocycles. The molecular formula is C9H17ClN4O2. The molecule has 0 spiro atoms. The number of rotatable bonds is 5. The molecule has 0 radical (unpaired) electrons. The number of halogens is 1. The van der Waals surface area contributed by atoms with Crippen LogP contribution in [0, 0.1) is 0 Å². The number of carbonyl (C=O) groups is 1. The lowest BCUT2D eigenvalue weighted by Gasteiger charge is -2.04. The third-order valence-electron chi connectivity index (χ3n) is 1.84. The maximum atomic E-state index is 11.2. The fraction of sp³-hybridized carbons (Fsp3) is 0.556. The van der Waals surface area contributed by atoms with Crippen molar-refractivity contribution in [3.05, 3.63) is 12.4 Å². The molecule has 16 heavy (non-hydrogen) atoms. The maximum absolute atomic E-state index is 11.2. The van der Waals surface area contributed by atoms with Crippen LogP contribution in [0.15, 0.2) is 12.4 Å². The quantitative estimate of drug-likeness (QED) is 0.782. The Labute approximate surface area is 101 Å². The molecule has 1 unspecified atom stereocenters. The lowest BCUT2D eigenvalue weighted by molar-refractivity contribution is -0.117. The number of aromatic nitrogens is 2. The Kier molecular flexibility index (Phi) is 6.71. The number of nitrogens with zero attached hydrogens (tertiary/aromatic N) is 2. The summed E-state index contributed by atoms with van der Waals surface area (Å²) in [7, 11) is 1.63. The summed E-state index contributed by atoms with van der Waals surface area (Å²) >= 11 is 0. The highest BCUT2D eigenvalue weighted by atomic mass is 35.5. The first-order chi connectivity index (χ1) is 7.13. The van der Waals surface area contributed by atoms with Crippen LogP contribution in [0.5, 0.6) is 0 Å². The molecule has 0 saturated heterocycles. The van der Waals surface area contributed by atoms with E-state index in [0.29, 0.717) is 18.8 Å². The van der Waals surface area contributed by atoms with Crippen molar-refractivity contribution in [2.45, 2.75) is 19.5 Å². The highest BCUT2D eigenvalue weighted by Crippen LogP contribution is 2.04. The summed E-state index contributed by atoms with van der Waals surface area (Å²) in [6.07, 6.45) is 3.31. The largest absolute Gasteiger partial charge is 0.383 e. The van der Waals surface area contributed by atoms with Crippen molar-refractivity contribution < 1.29 is 9.53 Å². The average Bonchev–Trinajstić information content (AvgIpc) is 2.62. The van der Waals surface area contributed by atoms with Gasteiger partial charge in [-0.05, 0) is 6.92 Å². The van der Waals surface area contributed by atoms with E-state index in [1.807, 2.05) is 0 Å². The van der Waals surface area contributed by atoms with E-state index >= 15 is 0 Å². The zero-order chi connectivity index (χ0) is 11.3. The number of hydrogen-bond acceptors (Lipinski definition) is 4. The van der Waals surface area contributed by atoms with Crippen LogP contribution in [0.4, 0.5) is 5.69 Å². The van der Waals surface area contributed by atoms with E-state index < -0.39 is 6.04 Å². The van der Waals surface area contributed by atoms with Crippen LogP contribution in [0.3, 0.4) is 0 Å². The molecule has 1 amide bonds. The van der Waals surface area contributed by atoms with Gasteiger partial charge >= 0.3 is 0 Å². The second-order valence-electron chi connectivity index (χ2n) is 3.26. The minimum Gasteiger partial charge on any atom is -0.383 e. The number of methoxy groups -OCH3 is 1. The molecule has 0 bridgehead atoms. The number of anilines is 1. The first-order valence-electron chi connectivity index (χ1n) is 4.71. The summed E-state index contributed by atoms with van der Waals surface area (Å²) in [4.78, 5) is 11.2.